The molecule has 0 saturated carbocycles. The van der Waals surface area contributed by atoms with Gasteiger partial charge in [-0.3, -0.25) is 15.5 Å². The third kappa shape index (κ3) is 2.37. The average Bonchev–Trinajstić information content (AvgIpc) is 2.96. The highest BCUT2D eigenvalue weighted by atomic mass is 35.5. The number of fused-ring (bicyclic) bond motifs is 2. The van der Waals surface area contributed by atoms with Crippen molar-refractivity contribution in [3.63, 3.8) is 0 Å². The van der Waals surface area contributed by atoms with Gasteiger partial charge >= 0.3 is 0 Å². The smallest absolute Gasteiger partial charge is 0.288 e. The number of halogens is 1. The van der Waals surface area contributed by atoms with Gasteiger partial charge in [0.15, 0.2) is 5.41 Å². The van der Waals surface area contributed by atoms with Crippen LogP contribution in [0.2, 0.25) is 5.02 Å². The number of benzene rings is 2. The topological polar surface area (TPSA) is 157 Å². The highest BCUT2D eigenvalue weighted by molar-refractivity contribution is 6.32. The van der Waals surface area contributed by atoms with E-state index in [1.54, 1.807) is 37.3 Å². The molecule has 158 valence electrons. The fraction of sp³-hybridized carbons (Fsp3) is 0.273. The molecule has 0 aromatic heterocycles. The molecule has 0 aliphatic carbocycles. The molecule has 32 heavy (non-hydrogen) atoms. The minimum Gasteiger partial charge on any atom is -0.443 e. The zero-order valence-corrected chi connectivity index (χ0v) is 17.3. The number of nitro groups is 1. The zero-order valence-electron chi connectivity index (χ0n) is 16.6. The average molecular weight is 448 g/mol. The second-order valence-corrected chi connectivity index (χ2v) is 8.01. The van der Waals surface area contributed by atoms with Crippen molar-refractivity contribution in [3.05, 3.63) is 74.8 Å². The van der Waals surface area contributed by atoms with E-state index in [0.29, 0.717) is 5.56 Å². The van der Waals surface area contributed by atoms with Crippen molar-refractivity contribution >= 4 is 23.2 Å². The Bertz CT molecular complexity index is 1260. The molecule has 4 atom stereocenters. The van der Waals surface area contributed by atoms with Crippen molar-refractivity contribution in [2.45, 2.75) is 18.8 Å². The molecule has 2 aromatic carbocycles. The SMILES string of the molecule is CC1C2(c3ccccc3)OC(=N)C1(C#N)C(C#N)(C#N)C(c1ccc(Cl)c([N+](=O)[O-])c1)O2. The molecule has 9 nitrogen and oxygen atoms in total. The summed E-state index contributed by atoms with van der Waals surface area (Å²) in [5, 5.41) is 50.5. The summed E-state index contributed by atoms with van der Waals surface area (Å²) in [6, 6.07) is 18.1. The van der Waals surface area contributed by atoms with Crippen LogP contribution < -0.4 is 0 Å². The van der Waals surface area contributed by atoms with E-state index in [9.17, 15) is 25.9 Å². The molecule has 2 saturated heterocycles. The highest BCUT2D eigenvalue weighted by Gasteiger charge is 2.79. The summed E-state index contributed by atoms with van der Waals surface area (Å²) in [6.45, 7) is 1.59. The molecule has 0 radical (unpaired) electrons. The Morgan fingerprint density at radius 2 is 1.78 bits per heavy atom. The summed E-state index contributed by atoms with van der Waals surface area (Å²) in [5.41, 5.74) is -4.10. The summed E-state index contributed by atoms with van der Waals surface area (Å²) >= 11 is 5.94. The molecule has 4 unspecified atom stereocenters. The molecule has 2 fully saturated rings. The fourth-order valence-corrected chi connectivity index (χ4v) is 4.86. The van der Waals surface area contributed by atoms with Gasteiger partial charge in [-0.05, 0) is 11.6 Å². The van der Waals surface area contributed by atoms with Crippen molar-refractivity contribution in [1.82, 2.24) is 0 Å². The maximum Gasteiger partial charge on any atom is 0.288 e. The lowest BCUT2D eigenvalue weighted by molar-refractivity contribution is -0.384. The quantitative estimate of drug-likeness (QED) is 0.540. The number of hydrogen-bond donors (Lipinski definition) is 1. The first-order valence-electron chi connectivity index (χ1n) is 9.43. The molecule has 2 bridgehead atoms. The van der Waals surface area contributed by atoms with Crippen LogP contribution in [0, 0.1) is 66.3 Å². The molecule has 0 amide bonds. The minimum absolute atomic E-state index is 0.0920. The van der Waals surface area contributed by atoms with E-state index in [2.05, 4.69) is 0 Å². The Labute approximate surface area is 187 Å². The molecular weight excluding hydrogens is 434 g/mol. The monoisotopic (exact) mass is 447 g/mol. The Balaban J connectivity index is 2.05. The summed E-state index contributed by atoms with van der Waals surface area (Å²) < 4.78 is 12.1. The van der Waals surface area contributed by atoms with Gasteiger partial charge in [-0.2, -0.15) is 15.8 Å². The van der Waals surface area contributed by atoms with E-state index < -0.39 is 45.1 Å². The molecule has 2 aliphatic heterocycles. The molecule has 10 heteroatoms. The van der Waals surface area contributed by atoms with Crippen molar-refractivity contribution in [2.75, 3.05) is 0 Å². The largest absolute Gasteiger partial charge is 0.443 e. The van der Waals surface area contributed by atoms with E-state index in [0.717, 1.165) is 6.07 Å². The van der Waals surface area contributed by atoms with Crippen molar-refractivity contribution in [2.24, 2.45) is 16.7 Å². The van der Waals surface area contributed by atoms with Gasteiger partial charge in [0.2, 0.25) is 17.1 Å². The number of rotatable bonds is 3. The predicted octanol–water partition coefficient (Wildman–Crippen LogP) is 4.36. The lowest BCUT2D eigenvalue weighted by atomic mass is 9.53. The molecule has 2 aromatic rings. The summed E-state index contributed by atoms with van der Waals surface area (Å²) in [6.07, 6.45) is -1.45. The number of nitriles is 3. The van der Waals surface area contributed by atoms with Crippen molar-refractivity contribution in [1.29, 1.82) is 21.2 Å². The van der Waals surface area contributed by atoms with E-state index in [1.807, 2.05) is 18.2 Å². The van der Waals surface area contributed by atoms with Gasteiger partial charge in [0.25, 0.3) is 5.69 Å². The number of hydrogen-bond acceptors (Lipinski definition) is 8. The van der Waals surface area contributed by atoms with Crippen LogP contribution in [-0.4, -0.2) is 10.8 Å². The van der Waals surface area contributed by atoms with Crippen LogP contribution in [0.25, 0.3) is 0 Å². The van der Waals surface area contributed by atoms with Crippen LogP contribution in [0.1, 0.15) is 24.2 Å². The maximum absolute atomic E-state index is 11.4. The van der Waals surface area contributed by atoms with Gasteiger partial charge in [0.05, 0.1) is 29.0 Å². The normalized spacial score (nSPS) is 29.8. The van der Waals surface area contributed by atoms with Crippen molar-refractivity contribution < 1.29 is 14.4 Å². The first-order chi connectivity index (χ1) is 15.2. The number of nitrogens with one attached hydrogen (secondary N) is 1. The molecule has 2 heterocycles. The lowest BCUT2D eigenvalue weighted by Gasteiger charge is -2.48. The lowest BCUT2D eigenvalue weighted by Crippen LogP contribution is -2.57. The third-order valence-electron chi connectivity index (χ3n) is 6.31. The fourth-order valence-electron chi connectivity index (χ4n) is 4.67. The van der Waals surface area contributed by atoms with Crippen LogP contribution in [-0.2, 0) is 15.3 Å². The van der Waals surface area contributed by atoms with E-state index in [1.165, 1.54) is 12.1 Å². The standard InChI is InChI=1S/C22H14ClN5O4/c1-13-21(12-26)19(27)32-22(13,15-5-3-2-4-6-15)31-18(20(21,10-24)11-25)14-7-8-16(23)17(9-14)28(29)30/h2-9,13,18,27H,1H3. The van der Waals surface area contributed by atoms with Crippen LogP contribution in [0.3, 0.4) is 0 Å². The van der Waals surface area contributed by atoms with Gasteiger partial charge in [0, 0.05) is 11.6 Å². The highest BCUT2D eigenvalue weighted by Crippen LogP contribution is 2.69. The van der Waals surface area contributed by atoms with Gasteiger partial charge in [-0.1, -0.05) is 54.9 Å². The van der Waals surface area contributed by atoms with Gasteiger partial charge in [-0.25, -0.2) is 0 Å². The Morgan fingerprint density at radius 3 is 2.34 bits per heavy atom. The predicted molar refractivity (Wildman–Crippen MR) is 110 cm³/mol. The summed E-state index contributed by atoms with van der Waals surface area (Å²) in [7, 11) is 0. The first kappa shape index (κ1) is 21.3. The van der Waals surface area contributed by atoms with E-state index in [4.69, 9.17) is 26.5 Å². The number of ether oxygens (including phenoxy) is 2. The van der Waals surface area contributed by atoms with E-state index in [-0.39, 0.29) is 10.6 Å². The molecule has 0 spiro atoms. The van der Waals surface area contributed by atoms with Crippen LogP contribution >= 0.6 is 11.6 Å². The van der Waals surface area contributed by atoms with Crippen molar-refractivity contribution in [3.8, 4) is 18.2 Å². The van der Waals surface area contributed by atoms with Crippen LogP contribution in [0.15, 0.2) is 48.5 Å². The van der Waals surface area contributed by atoms with Crippen LogP contribution in [0.4, 0.5) is 5.69 Å². The Kier molecular flexibility index (Phi) is 4.67. The Hall–Kier alpha value is -3.97. The molecular formula is C22H14ClN5O4. The molecule has 1 N–H and O–H groups in total. The molecule has 4 rings (SSSR count). The van der Waals surface area contributed by atoms with Crippen LogP contribution in [0.5, 0.6) is 0 Å². The van der Waals surface area contributed by atoms with E-state index >= 15 is 0 Å². The minimum atomic E-state index is -2.23. The molecule has 2 aliphatic rings. The number of nitrogens with zero attached hydrogens (tertiary/aromatic N) is 4. The number of nitro benzene ring substituents is 1. The maximum atomic E-state index is 11.4. The zero-order chi connectivity index (χ0) is 23.3. The summed E-state index contributed by atoms with van der Waals surface area (Å²) in [5.74, 6) is -3.15. The van der Waals surface area contributed by atoms with Gasteiger partial charge in [-0.15, -0.1) is 0 Å². The summed E-state index contributed by atoms with van der Waals surface area (Å²) in [4.78, 5) is 10.7. The second-order valence-electron chi connectivity index (χ2n) is 7.60. The first-order valence-corrected chi connectivity index (χ1v) is 9.81. The van der Waals surface area contributed by atoms with Gasteiger partial charge < -0.3 is 9.47 Å². The second kappa shape index (κ2) is 7.03. The van der Waals surface area contributed by atoms with Gasteiger partial charge in [0.1, 0.15) is 11.1 Å². The third-order valence-corrected chi connectivity index (χ3v) is 6.63. The Morgan fingerprint density at radius 1 is 1.12 bits per heavy atom.